The van der Waals surface area contributed by atoms with Crippen molar-refractivity contribution in [1.82, 2.24) is 19.9 Å². The van der Waals surface area contributed by atoms with Crippen LogP contribution in [0.5, 0.6) is 5.88 Å². The van der Waals surface area contributed by atoms with Crippen LogP contribution in [0.15, 0.2) is 79.3 Å². The van der Waals surface area contributed by atoms with Gasteiger partial charge in [-0.15, -0.1) is 0 Å². The van der Waals surface area contributed by atoms with Crippen LogP contribution >= 0.6 is 0 Å². The second-order valence-electron chi connectivity index (χ2n) is 7.21. The smallest absolute Gasteiger partial charge is 0.212 e. The monoisotopic (exact) mass is 441 g/mol. The summed E-state index contributed by atoms with van der Waals surface area (Å²) in [5, 5.41) is 3.82. The SMILES string of the molecule is COc1ccc(-c2ccc3nc(-c4cccnc4)nc(Nc4ccc(F)c(F)c4)c3c2)cn1. The standard InChI is InChI=1S/C25H17F2N5O/c1-33-23-9-5-16(14-29-23)15-4-8-22-19(11-15)25(30-18-6-7-20(26)21(27)12-18)32-24(31-22)17-3-2-10-28-13-17/h2-14H,1H3,(H,30,31,32). The highest BCUT2D eigenvalue weighted by atomic mass is 19.2. The number of fused-ring (bicyclic) bond motifs is 1. The third-order valence-electron chi connectivity index (χ3n) is 5.08. The highest BCUT2D eigenvalue weighted by molar-refractivity contribution is 5.95. The van der Waals surface area contributed by atoms with Crippen LogP contribution in [0.4, 0.5) is 20.3 Å². The van der Waals surface area contributed by atoms with E-state index in [1.165, 1.54) is 6.07 Å². The van der Waals surface area contributed by atoms with E-state index in [2.05, 4.69) is 25.3 Å². The Morgan fingerprint density at radius 2 is 1.70 bits per heavy atom. The Bertz CT molecular complexity index is 1440. The molecular weight excluding hydrogens is 424 g/mol. The Hall–Kier alpha value is -4.46. The molecule has 0 saturated heterocycles. The van der Waals surface area contributed by atoms with Gasteiger partial charge < -0.3 is 10.1 Å². The van der Waals surface area contributed by atoms with E-state index in [9.17, 15) is 8.78 Å². The molecule has 8 heteroatoms. The van der Waals surface area contributed by atoms with Gasteiger partial charge in [0.25, 0.3) is 0 Å². The first kappa shape index (κ1) is 20.4. The quantitative estimate of drug-likeness (QED) is 0.373. The van der Waals surface area contributed by atoms with Crippen molar-refractivity contribution in [3.63, 3.8) is 0 Å². The number of anilines is 2. The number of hydrogen-bond acceptors (Lipinski definition) is 6. The van der Waals surface area contributed by atoms with Crippen LogP contribution in [0, 0.1) is 11.6 Å². The fourth-order valence-electron chi connectivity index (χ4n) is 3.41. The molecule has 0 spiro atoms. The number of hydrogen-bond donors (Lipinski definition) is 1. The summed E-state index contributed by atoms with van der Waals surface area (Å²) >= 11 is 0. The van der Waals surface area contributed by atoms with Crippen LogP contribution < -0.4 is 10.1 Å². The van der Waals surface area contributed by atoms with Crippen molar-refractivity contribution < 1.29 is 13.5 Å². The van der Waals surface area contributed by atoms with Gasteiger partial charge in [0.1, 0.15) is 5.82 Å². The number of nitrogens with one attached hydrogen (secondary N) is 1. The molecule has 33 heavy (non-hydrogen) atoms. The van der Waals surface area contributed by atoms with Gasteiger partial charge in [-0.25, -0.2) is 23.7 Å². The van der Waals surface area contributed by atoms with E-state index < -0.39 is 11.6 Å². The molecule has 2 aromatic carbocycles. The topological polar surface area (TPSA) is 72.8 Å². The van der Waals surface area contributed by atoms with Crippen LogP contribution in [-0.2, 0) is 0 Å². The molecule has 162 valence electrons. The van der Waals surface area contributed by atoms with Crippen molar-refractivity contribution in [3.8, 4) is 28.4 Å². The minimum Gasteiger partial charge on any atom is -0.481 e. The summed E-state index contributed by atoms with van der Waals surface area (Å²) < 4.78 is 32.4. The largest absolute Gasteiger partial charge is 0.481 e. The maximum absolute atomic E-state index is 13.8. The van der Waals surface area contributed by atoms with Crippen molar-refractivity contribution >= 4 is 22.4 Å². The summed E-state index contributed by atoms with van der Waals surface area (Å²) in [6, 6.07) is 16.7. The van der Waals surface area contributed by atoms with E-state index >= 15 is 0 Å². The fraction of sp³-hybridized carbons (Fsp3) is 0.0400. The van der Waals surface area contributed by atoms with E-state index in [1.807, 2.05) is 30.3 Å². The maximum Gasteiger partial charge on any atom is 0.212 e. The zero-order valence-electron chi connectivity index (χ0n) is 17.5. The van der Waals surface area contributed by atoms with Crippen molar-refractivity contribution in [2.24, 2.45) is 0 Å². The van der Waals surface area contributed by atoms with Crippen molar-refractivity contribution in [2.75, 3.05) is 12.4 Å². The molecule has 0 aliphatic rings. The third-order valence-corrected chi connectivity index (χ3v) is 5.08. The lowest BCUT2D eigenvalue weighted by molar-refractivity contribution is 0.398. The van der Waals surface area contributed by atoms with Crippen molar-refractivity contribution in [2.45, 2.75) is 0 Å². The normalized spacial score (nSPS) is 10.9. The predicted molar refractivity (Wildman–Crippen MR) is 122 cm³/mol. The molecule has 3 heterocycles. The van der Waals surface area contributed by atoms with Gasteiger partial charge in [0.2, 0.25) is 5.88 Å². The number of nitrogens with zero attached hydrogens (tertiary/aromatic N) is 4. The summed E-state index contributed by atoms with van der Waals surface area (Å²) in [5.74, 6) is -0.438. The van der Waals surface area contributed by atoms with Gasteiger partial charge in [0.05, 0.1) is 12.6 Å². The molecule has 6 nitrogen and oxygen atoms in total. The van der Waals surface area contributed by atoms with Crippen LogP contribution in [-0.4, -0.2) is 27.0 Å². The minimum absolute atomic E-state index is 0.363. The fourth-order valence-corrected chi connectivity index (χ4v) is 3.41. The van der Waals surface area contributed by atoms with E-state index in [4.69, 9.17) is 4.74 Å². The average molecular weight is 441 g/mol. The molecule has 0 aliphatic carbocycles. The van der Waals surface area contributed by atoms with Crippen molar-refractivity contribution in [3.05, 3.63) is 90.9 Å². The van der Waals surface area contributed by atoms with Gasteiger partial charge in [-0.1, -0.05) is 6.07 Å². The number of pyridine rings is 2. The van der Waals surface area contributed by atoms with Gasteiger partial charge in [-0.2, -0.15) is 0 Å². The number of halogens is 2. The second kappa shape index (κ2) is 8.58. The number of benzene rings is 2. The third kappa shape index (κ3) is 4.18. The zero-order valence-corrected chi connectivity index (χ0v) is 17.5. The number of rotatable bonds is 5. The summed E-state index contributed by atoms with van der Waals surface area (Å²) in [7, 11) is 1.56. The van der Waals surface area contributed by atoms with Gasteiger partial charge in [-0.3, -0.25) is 4.98 Å². The average Bonchev–Trinajstić information content (AvgIpc) is 2.86. The maximum atomic E-state index is 13.8. The minimum atomic E-state index is -0.948. The molecule has 0 radical (unpaired) electrons. The van der Waals surface area contributed by atoms with E-state index in [0.29, 0.717) is 34.1 Å². The molecule has 0 aliphatic heterocycles. The van der Waals surface area contributed by atoms with Crippen LogP contribution in [0.1, 0.15) is 0 Å². The summed E-state index contributed by atoms with van der Waals surface area (Å²) in [5.41, 5.74) is 3.55. The first-order chi connectivity index (χ1) is 16.1. The van der Waals surface area contributed by atoms with Gasteiger partial charge in [-0.05, 0) is 48.0 Å². The predicted octanol–water partition coefficient (Wildman–Crippen LogP) is 5.78. The zero-order chi connectivity index (χ0) is 22.8. The molecular formula is C25H17F2N5O. The molecule has 0 amide bonds. The van der Waals surface area contributed by atoms with Gasteiger partial charge in [0, 0.05) is 52.9 Å². The Kier molecular flexibility index (Phi) is 5.32. The van der Waals surface area contributed by atoms with E-state index in [1.54, 1.807) is 37.8 Å². The number of ether oxygens (including phenoxy) is 1. The van der Waals surface area contributed by atoms with E-state index in [-0.39, 0.29) is 0 Å². The summed E-state index contributed by atoms with van der Waals surface area (Å²) in [6.07, 6.45) is 5.05. The van der Waals surface area contributed by atoms with Crippen molar-refractivity contribution in [1.29, 1.82) is 0 Å². The lowest BCUT2D eigenvalue weighted by Gasteiger charge is -2.13. The molecule has 0 bridgehead atoms. The first-order valence-corrected chi connectivity index (χ1v) is 10.1. The Labute approximate surface area is 188 Å². The number of methoxy groups -OCH3 is 1. The molecule has 0 atom stereocenters. The van der Waals surface area contributed by atoms with Gasteiger partial charge in [0.15, 0.2) is 17.5 Å². The summed E-state index contributed by atoms with van der Waals surface area (Å²) in [6.45, 7) is 0. The van der Waals surface area contributed by atoms with Crippen LogP contribution in [0.25, 0.3) is 33.4 Å². The molecule has 5 aromatic rings. The second-order valence-corrected chi connectivity index (χ2v) is 7.21. The Morgan fingerprint density at radius 1 is 0.818 bits per heavy atom. The van der Waals surface area contributed by atoms with Crippen LogP contribution in [0.3, 0.4) is 0 Å². The lowest BCUT2D eigenvalue weighted by Crippen LogP contribution is -2.00. The Balaban J connectivity index is 1.65. The summed E-state index contributed by atoms with van der Waals surface area (Å²) in [4.78, 5) is 17.7. The van der Waals surface area contributed by atoms with E-state index in [0.717, 1.165) is 28.8 Å². The molecule has 3 aromatic heterocycles. The highest BCUT2D eigenvalue weighted by Gasteiger charge is 2.13. The molecule has 0 unspecified atom stereocenters. The Morgan fingerprint density at radius 3 is 2.42 bits per heavy atom. The molecule has 0 fully saturated rings. The lowest BCUT2D eigenvalue weighted by atomic mass is 10.0. The number of aromatic nitrogens is 4. The van der Waals surface area contributed by atoms with Crippen LogP contribution in [0.2, 0.25) is 0 Å². The highest BCUT2D eigenvalue weighted by Crippen LogP contribution is 2.31. The molecule has 5 rings (SSSR count). The molecule has 0 saturated carbocycles. The molecule has 1 N–H and O–H groups in total. The first-order valence-electron chi connectivity index (χ1n) is 10.1. The van der Waals surface area contributed by atoms with Gasteiger partial charge >= 0.3 is 0 Å².